The van der Waals surface area contributed by atoms with Crippen LogP contribution < -0.4 is 15.4 Å². The SMILES string of the molecule is N#Cc1ccccc1COc1ccc(C=C2NC(=S)NC2=O)cc1. The van der Waals surface area contributed by atoms with Gasteiger partial charge in [-0.15, -0.1) is 0 Å². The van der Waals surface area contributed by atoms with E-state index in [1.54, 1.807) is 12.1 Å². The molecule has 0 atom stereocenters. The van der Waals surface area contributed by atoms with Gasteiger partial charge in [-0.2, -0.15) is 5.26 Å². The highest BCUT2D eigenvalue weighted by Crippen LogP contribution is 2.17. The molecule has 0 saturated carbocycles. The van der Waals surface area contributed by atoms with Crippen LogP contribution in [0.1, 0.15) is 16.7 Å². The van der Waals surface area contributed by atoms with Crippen molar-refractivity contribution in [3.63, 3.8) is 0 Å². The second kappa shape index (κ2) is 6.94. The van der Waals surface area contributed by atoms with Crippen LogP contribution in [0, 0.1) is 11.3 Å². The minimum absolute atomic E-state index is 0.242. The molecule has 0 aliphatic carbocycles. The average molecular weight is 335 g/mol. The number of nitrogens with zero attached hydrogens (tertiary/aromatic N) is 1. The van der Waals surface area contributed by atoms with Crippen molar-refractivity contribution in [1.29, 1.82) is 5.26 Å². The maximum absolute atomic E-state index is 11.6. The molecule has 1 heterocycles. The molecule has 2 aromatic carbocycles. The zero-order valence-electron chi connectivity index (χ0n) is 12.6. The van der Waals surface area contributed by atoms with Crippen molar-refractivity contribution in [2.24, 2.45) is 0 Å². The Hall–Kier alpha value is -3.17. The Balaban J connectivity index is 1.67. The average Bonchev–Trinajstić information content (AvgIpc) is 2.91. The van der Waals surface area contributed by atoms with E-state index in [0.717, 1.165) is 11.1 Å². The van der Waals surface area contributed by atoms with Gasteiger partial charge in [-0.3, -0.25) is 10.1 Å². The molecule has 0 bridgehead atoms. The summed E-state index contributed by atoms with van der Waals surface area (Å²) in [5.74, 6) is 0.442. The second-order valence-corrected chi connectivity index (χ2v) is 5.50. The van der Waals surface area contributed by atoms with Crippen LogP contribution in [0.3, 0.4) is 0 Å². The number of amides is 1. The van der Waals surface area contributed by atoms with E-state index in [9.17, 15) is 4.79 Å². The van der Waals surface area contributed by atoms with E-state index in [1.807, 2.05) is 42.5 Å². The van der Waals surface area contributed by atoms with E-state index in [0.29, 0.717) is 28.7 Å². The van der Waals surface area contributed by atoms with Gasteiger partial charge in [-0.1, -0.05) is 30.3 Å². The van der Waals surface area contributed by atoms with Gasteiger partial charge in [0.1, 0.15) is 18.1 Å². The fourth-order valence-corrected chi connectivity index (χ4v) is 2.43. The molecule has 24 heavy (non-hydrogen) atoms. The summed E-state index contributed by atoms with van der Waals surface area (Å²) < 4.78 is 5.71. The Morgan fingerprint density at radius 2 is 1.88 bits per heavy atom. The first-order chi connectivity index (χ1) is 11.7. The van der Waals surface area contributed by atoms with Crippen molar-refractivity contribution in [2.45, 2.75) is 6.61 Å². The number of carbonyl (C=O) groups excluding carboxylic acids is 1. The minimum atomic E-state index is -0.242. The second-order valence-electron chi connectivity index (χ2n) is 5.09. The van der Waals surface area contributed by atoms with Crippen LogP contribution in [-0.2, 0) is 11.4 Å². The summed E-state index contributed by atoms with van der Waals surface area (Å²) in [6.07, 6.45) is 1.71. The predicted molar refractivity (Wildman–Crippen MR) is 93.8 cm³/mol. The third kappa shape index (κ3) is 3.59. The van der Waals surface area contributed by atoms with Gasteiger partial charge in [0.05, 0.1) is 11.6 Å². The van der Waals surface area contributed by atoms with Gasteiger partial charge in [0.25, 0.3) is 5.91 Å². The molecule has 2 aromatic rings. The molecular weight excluding hydrogens is 322 g/mol. The largest absolute Gasteiger partial charge is 0.489 e. The molecule has 0 radical (unpaired) electrons. The molecule has 5 nitrogen and oxygen atoms in total. The smallest absolute Gasteiger partial charge is 0.273 e. The number of ether oxygens (including phenoxy) is 1. The van der Waals surface area contributed by atoms with E-state index < -0.39 is 0 Å². The highest BCUT2D eigenvalue weighted by molar-refractivity contribution is 7.80. The maximum atomic E-state index is 11.6. The third-order valence-electron chi connectivity index (χ3n) is 3.44. The molecule has 1 amide bonds. The Morgan fingerprint density at radius 3 is 2.54 bits per heavy atom. The van der Waals surface area contributed by atoms with Crippen molar-refractivity contribution < 1.29 is 9.53 Å². The lowest BCUT2D eigenvalue weighted by Crippen LogP contribution is -2.21. The highest BCUT2D eigenvalue weighted by atomic mass is 32.1. The van der Waals surface area contributed by atoms with Crippen molar-refractivity contribution in [3.05, 3.63) is 70.9 Å². The summed E-state index contributed by atoms with van der Waals surface area (Å²) in [5, 5.41) is 14.7. The molecule has 1 saturated heterocycles. The van der Waals surface area contributed by atoms with Gasteiger partial charge in [0, 0.05) is 5.56 Å². The lowest BCUT2D eigenvalue weighted by molar-refractivity contribution is -0.115. The number of benzene rings is 2. The molecule has 2 N–H and O–H groups in total. The predicted octanol–water partition coefficient (Wildman–Crippen LogP) is 2.48. The molecule has 0 aromatic heterocycles. The van der Waals surface area contributed by atoms with Crippen LogP contribution in [0.2, 0.25) is 0 Å². The third-order valence-corrected chi connectivity index (χ3v) is 3.65. The number of nitriles is 1. The molecule has 0 unspecified atom stereocenters. The van der Waals surface area contributed by atoms with Gasteiger partial charge >= 0.3 is 0 Å². The number of hydrogen-bond donors (Lipinski definition) is 2. The van der Waals surface area contributed by atoms with E-state index in [4.69, 9.17) is 22.2 Å². The summed E-state index contributed by atoms with van der Waals surface area (Å²) in [5.41, 5.74) is 2.71. The number of nitrogens with one attached hydrogen (secondary N) is 2. The zero-order chi connectivity index (χ0) is 16.9. The van der Waals surface area contributed by atoms with Crippen LogP contribution in [0.25, 0.3) is 6.08 Å². The summed E-state index contributed by atoms with van der Waals surface area (Å²) in [6.45, 7) is 0.322. The number of carbonyl (C=O) groups is 1. The minimum Gasteiger partial charge on any atom is -0.489 e. The lowest BCUT2D eigenvalue weighted by Gasteiger charge is -2.08. The monoisotopic (exact) mass is 335 g/mol. The van der Waals surface area contributed by atoms with Crippen LogP contribution in [0.4, 0.5) is 0 Å². The lowest BCUT2D eigenvalue weighted by atomic mass is 10.1. The fraction of sp³-hybridized carbons (Fsp3) is 0.0556. The topological polar surface area (TPSA) is 74.2 Å². The summed E-state index contributed by atoms with van der Waals surface area (Å²) >= 11 is 4.88. The maximum Gasteiger partial charge on any atom is 0.273 e. The zero-order valence-corrected chi connectivity index (χ0v) is 13.4. The van der Waals surface area contributed by atoms with Gasteiger partial charge in [0.2, 0.25) is 0 Å². The first-order valence-corrected chi connectivity index (χ1v) is 7.61. The molecule has 0 spiro atoms. The van der Waals surface area contributed by atoms with E-state index in [-0.39, 0.29) is 5.91 Å². The standard InChI is InChI=1S/C18H13N3O2S/c19-10-13-3-1-2-4-14(13)11-23-15-7-5-12(6-8-15)9-16-17(22)21-18(24)20-16/h1-9H,11H2,(H2,20,21,22,24). The number of thiocarbonyl (C=S) groups is 1. The van der Waals surface area contributed by atoms with Crippen LogP contribution in [0.5, 0.6) is 5.75 Å². The molecule has 3 rings (SSSR count). The molecule has 118 valence electrons. The summed E-state index contributed by atoms with van der Waals surface area (Å²) in [7, 11) is 0. The van der Waals surface area contributed by atoms with E-state index in [1.165, 1.54) is 0 Å². The van der Waals surface area contributed by atoms with Crippen molar-refractivity contribution in [3.8, 4) is 11.8 Å². The normalized spacial score (nSPS) is 14.9. The molecular formula is C18H13N3O2S. The van der Waals surface area contributed by atoms with Gasteiger partial charge in [-0.05, 0) is 42.1 Å². The van der Waals surface area contributed by atoms with Crippen molar-refractivity contribution in [1.82, 2.24) is 10.6 Å². The van der Waals surface area contributed by atoms with Crippen molar-refractivity contribution >= 4 is 29.3 Å². The number of rotatable bonds is 4. The fourth-order valence-electron chi connectivity index (χ4n) is 2.23. The van der Waals surface area contributed by atoms with Gasteiger partial charge in [0.15, 0.2) is 5.11 Å². The van der Waals surface area contributed by atoms with E-state index >= 15 is 0 Å². The first-order valence-electron chi connectivity index (χ1n) is 7.20. The van der Waals surface area contributed by atoms with Crippen LogP contribution in [-0.4, -0.2) is 11.0 Å². The summed E-state index contributed by atoms with van der Waals surface area (Å²) in [6, 6.07) is 16.8. The Kier molecular flexibility index (Phi) is 4.54. The van der Waals surface area contributed by atoms with Gasteiger partial charge in [-0.25, -0.2) is 0 Å². The van der Waals surface area contributed by atoms with E-state index in [2.05, 4.69) is 16.7 Å². The Labute approximate surface area is 144 Å². The van der Waals surface area contributed by atoms with Crippen LogP contribution >= 0.6 is 12.2 Å². The molecule has 1 fully saturated rings. The van der Waals surface area contributed by atoms with Crippen molar-refractivity contribution in [2.75, 3.05) is 0 Å². The quantitative estimate of drug-likeness (QED) is 0.663. The Morgan fingerprint density at radius 1 is 1.12 bits per heavy atom. The first kappa shape index (κ1) is 15.7. The Bertz CT molecular complexity index is 867. The number of hydrogen-bond acceptors (Lipinski definition) is 4. The molecule has 1 aliphatic rings. The molecule has 6 heteroatoms. The van der Waals surface area contributed by atoms with Crippen LogP contribution in [0.15, 0.2) is 54.2 Å². The molecule has 1 aliphatic heterocycles. The van der Waals surface area contributed by atoms with Gasteiger partial charge < -0.3 is 10.1 Å². The highest BCUT2D eigenvalue weighted by Gasteiger charge is 2.19. The summed E-state index contributed by atoms with van der Waals surface area (Å²) in [4.78, 5) is 11.6.